The minimum Gasteiger partial charge on any atom is -0.378 e. The van der Waals surface area contributed by atoms with Crippen LogP contribution in [0.15, 0.2) is 36.5 Å². The van der Waals surface area contributed by atoms with Crippen LogP contribution in [0.5, 0.6) is 0 Å². The van der Waals surface area contributed by atoms with Crippen LogP contribution >= 0.6 is 0 Å². The summed E-state index contributed by atoms with van der Waals surface area (Å²) in [6.45, 7) is 5.67. The molecule has 7 heteroatoms. The van der Waals surface area contributed by atoms with Gasteiger partial charge in [-0.05, 0) is 25.3 Å². The number of rotatable bonds is 4. The Morgan fingerprint density at radius 3 is 2.40 bits per heavy atom. The topological polar surface area (TPSA) is 75.6 Å². The summed E-state index contributed by atoms with van der Waals surface area (Å²) >= 11 is 0. The molecule has 1 aromatic carbocycles. The molecule has 1 aromatic heterocycles. The molecule has 7 nitrogen and oxygen atoms in total. The largest absolute Gasteiger partial charge is 0.378 e. The van der Waals surface area contributed by atoms with Crippen molar-refractivity contribution in [2.24, 2.45) is 0 Å². The third kappa shape index (κ3) is 4.67. The number of nitrogens with zero attached hydrogens (tertiary/aromatic N) is 4. The third-order valence-corrected chi connectivity index (χ3v) is 5.94. The van der Waals surface area contributed by atoms with Crippen molar-refractivity contribution < 1.29 is 14.3 Å². The average molecular weight is 409 g/mol. The van der Waals surface area contributed by atoms with Crippen LogP contribution in [0.4, 0.5) is 0 Å². The fourth-order valence-corrected chi connectivity index (χ4v) is 4.10. The van der Waals surface area contributed by atoms with E-state index in [2.05, 4.69) is 9.97 Å². The molecular formula is C23H28N4O3. The summed E-state index contributed by atoms with van der Waals surface area (Å²) in [6.07, 6.45) is 3.80. The van der Waals surface area contributed by atoms with Crippen LogP contribution in [0.3, 0.4) is 0 Å². The number of piperidine rings is 1. The highest BCUT2D eigenvalue weighted by atomic mass is 16.5. The van der Waals surface area contributed by atoms with Gasteiger partial charge < -0.3 is 14.5 Å². The Hall–Kier alpha value is -2.80. The molecule has 2 saturated heterocycles. The minimum atomic E-state index is -0.0244. The fourth-order valence-electron chi connectivity index (χ4n) is 4.10. The summed E-state index contributed by atoms with van der Waals surface area (Å²) in [6, 6.07) is 9.85. The van der Waals surface area contributed by atoms with Crippen molar-refractivity contribution in [1.82, 2.24) is 19.8 Å². The van der Waals surface area contributed by atoms with E-state index in [9.17, 15) is 9.59 Å². The maximum atomic E-state index is 12.7. The molecule has 158 valence electrons. The number of morpholine rings is 1. The molecule has 0 atom stereocenters. The lowest BCUT2D eigenvalue weighted by Gasteiger charge is -2.31. The van der Waals surface area contributed by atoms with Crippen LogP contribution in [-0.4, -0.2) is 71.0 Å². The molecule has 4 rings (SSSR count). The van der Waals surface area contributed by atoms with E-state index in [4.69, 9.17) is 4.74 Å². The van der Waals surface area contributed by atoms with E-state index in [0.717, 1.165) is 29.9 Å². The lowest BCUT2D eigenvalue weighted by molar-refractivity contribution is -0.131. The molecule has 2 aromatic rings. The van der Waals surface area contributed by atoms with E-state index >= 15 is 0 Å². The number of aromatic nitrogens is 2. The smallest absolute Gasteiger partial charge is 0.257 e. The molecule has 0 bridgehead atoms. The fraction of sp³-hybridized carbons (Fsp3) is 0.478. The lowest BCUT2D eigenvalue weighted by atomic mass is 9.95. The van der Waals surface area contributed by atoms with E-state index in [1.165, 1.54) is 0 Å². The SMILES string of the molecule is Cc1nc(C2CCN(C(=O)Cc3ccccc3)CC2)ncc1C(=O)N1CCOCC1. The maximum absolute atomic E-state index is 12.7. The van der Waals surface area contributed by atoms with Gasteiger partial charge in [-0.1, -0.05) is 30.3 Å². The minimum absolute atomic E-state index is 0.0244. The molecule has 2 amide bonds. The van der Waals surface area contributed by atoms with Crippen molar-refractivity contribution >= 4 is 11.8 Å². The second-order valence-corrected chi connectivity index (χ2v) is 7.95. The Morgan fingerprint density at radius 2 is 1.73 bits per heavy atom. The van der Waals surface area contributed by atoms with Crippen molar-refractivity contribution in [1.29, 1.82) is 0 Å². The van der Waals surface area contributed by atoms with Crippen LogP contribution in [-0.2, 0) is 16.0 Å². The summed E-state index contributed by atoms with van der Waals surface area (Å²) in [5.41, 5.74) is 2.33. The Labute approximate surface area is 177 Å². The number of carbonyl (C=O) groups excluding carboxylic acids is 2. The summed E-state index contributed by atoms with van der Waals surface area (Å²) in [7, 11) is 0. The first kappa shape index (κ1) is 20.5. The van der Waals surface area contributed by atoms with Crippen molar-refractivity contribution in [2.45, 2.75) is 32.1 Å². The average Bonchev–Trinajstić information content (AvgIpc) is 2.80. The van der Waals surface area contributed by atoms with E-state index in [-0.39, 0.29) is 17.7 Å². The molecule has 0 N–H and O–H groups in total. The Bertz CT molecular complexity index is 889. The predicted octanol–water partition coefficient (Wildman–Crippen LogP) is 2.21. The first-order valence-electron chi connectivity index (χ1n) is 10.6. The van der Waals surface area contributed by atoms with Gasteiger partial charge >= 0.3 is 0 Å². The number of likely N-dealkylation sites (tertiary alicyclic amines) is 1. The van der Waals surface area contributed by atoms with Crippen LogP contribution < -0.4 is 0 Å². The summed E-state index contributed by atoms with van der Waals surface area (Å²) < 4.78 is 5.32. The molecule has 0 radical (unpaired) electrons. The lowest BCUT2D eigenvalue weighted by Crippen LogP contribution is -2.41. The number of aryl methyl sites for hydroxylation is 1. The van der Waals surface area contributed by atoms with Gasteiger partial charge in [-0.3, -0.25) is 9.59 Å². The standard InChI is InChI=1S/C23H28N4O3/c1-17-20(23(29)27-11-13-30-14-12-27)16-24-22(25-17)19-7-9-26(10-8-19)21(28)15-18-5-3-2-4-6-18/h2-6,16,19H,7-15H2,1H3. The van der Waals surface area contributed by atoms with Gasteiger partial charge in [0.15, 0.2) is 0 Å². The van der Waals surface area contributed by atoms with Gasteiger partial charge in [-0.2, -0.15) is 0 Å². The number of amides is 2. The van der Waals surface area contributed by atoms with Crippen molar-refractivity contribution in [3.05, 3.63) is 59.2 Å². The van der Waals surface area contributed by atoms with E-state index in [1.807, 2.05) is 42.2 Å². The van der Waals surface area contributed by atoms with Gasteiger partial charge in [0.1, 0.15) is 5.82 Å². The number of carbonyl (C=O) groups is 2. The van der Waals surface area contributed by atoms with Gasteiger partial charge in [-0.15, -0.1) is 0 Å². The highest BCUT2D eigenvalue weighted by Crippen LogP contribution is 2.26. The first-order chi connectivity index (χ1) is 14.6. The number of hydrogen-bond acceptors (Lipinski definition) is 5. The Kier molecular flexibility index (Phi) is 6.38. The van der Waals surface area contributed by atoms with Gasteiger partial charge in [0.2, 0.25) is 5.91 Å². The van der Waals surface area contributed by atoms with Crippen LogP contribution in [0.2, 0.25) is 0 Å². The molecule has 30 heavy (non-hydrogen) atoms. The quantitative estimate of drug-likeness (QED) is 0.775. The Balaban J connectivity index is 1.35. The molecule has 2 fully saturated rings. The molecule has 0 spiro atoms. The molecule has 0 aliphatic carbocycles. The maximum Gasteiger partial charge on any atom is 0.257 e. The second kappa shape index (κ2) is 9.34. The molecular weight excluding hydrogens is 380 g/mol. The van der Waals surface area contributed by atoms with Gasteiger partial charge in [0.25, 0.3) is 5.91 Å². The number of ether oxygens (including phenoxy) is 1. The van der Waals surface area contributed by atoms with Crippen molar-refractivity contribution in [3.63, 3.8) is 0 Å². The monoisotopic (exact) mass is 408 g/mol. The zero-order chi connectivity index (χ0) is 20.9. The number of hydrogen-bond donors (Lipinski definition) is 0. The van der Waals surface area contributed by atoms with Crippen LogP contribution in [0.1, 0.15) is 46.2 Å². The zero-order valence-corrected chi connectivity index (χ0v) is 17.4. The highest BCUT2D eigenvalue weighted by Gasteiger charge is 2.27. The van der Waals surface area contributed by atoms with Crippen molar-refractivity contribution in [3.8, 4) is 0 Å². The summed E-state index contributed by atoms with van der Waals surface area (Å²) in [4.78, 5) is 38.2. The highest BCUT2D eigenvalue weighted by molar-refractivity contribution is 5.95. The normalized spacial score (nSPS) is 17.8. The summed E-state index contributed by atoms with van der Waals surface area (Å²) in [5, 5.41) is 0. The predicted molar refractivity (Wildman–Crippen MR) is 112 cm³/mol. The molecule has 2 aliphatic heterocycles. The molecule has 0 unspecified atom stereocenters. The van der Waals surface area contributed by atoms with Crippen molar-refractivity contribution in [2.75, 3.05) is 39.4 Å². The number of benzene rings is 1. The van der Waals surface area contributed by atoms with E-state index in [0.29, 0.717) is 51.4 Å². The summed E-state index contributed by atoms with van der Waals surface area (Å²) in [5.74, 6) is 1.14. The molecule has 3 heterocycles. The van der Waals surface area contributed by atoms with Gasteiger partial charge in [-0.25, -0.2) is 9.97 Å². The molecule has 0 saturated carbocycles. The van der Waals surface area contributed by atoms with Gasteiger partial charge in [0, 0.05) is 38.3 Å². The van der Waals surface area contributed by atoms with E-state index in [1.54, 1.807) is 11.1 Å². The third-order valence-electron chi connectivity index (χ3n) is 5.94. The first-order valence-corrected chi connectivity index (χ1v) is 10.6. The Morgan fingerprint density at radius 1 is 1.03 bits per heavy atom. The second-order valence-electron chi connectivity index (χ2n) is 7.95. The zero-order valence-electron chi connectivity index (χ0n) is 17.4. The van der Waals surface area contributed by atoms with Crippen LogP contribution in [0.25, 0.3) is 0 Å². The van der Waals surface area contributed by atoms with E-state index < -0.39 is 0 Å². The van der Waals surface area contributed by atoms with Gasteiger partial charge in [0.05, 0.1) is 30.9 Å². The van der Waals surface area contributed by atoms with Crippen LogP contribution in [0, 0.1) is 6.92 Å². The molecule has 2 aliphatic rings.